The molecular weight excluding hydrogens is 496 g/mol. The van der Waals surface area contributed by atoms with Crippen molar-refractivity contribution in [2.24, 2.45) is 5.92 Å². The van der Waals surface area contributed by atoms with Crippen molar-refractivity contribution in [1.29, 1.82) is 0 Å². The van der Waals surface area contributed by atoms with Gasteiger partial charge in [0.15, 0.2) is 0 Å². The van der Waals surface area contributed by atoms with E-state index in [1.165, 1.54) is 55.7 Å². The molecule has 0 atom stereocenters. The third-order valence-electron chi connectivity index (χ3n) is 7.69. The highest BCUT2D eigenvalue weighted by atomic mass is 16.5. The van der Waals surface area contributed by atoms with Gasteiger partial charge in [-0.25, -0.2) is 4.79 Å². The molecule has 2 aromatic rings. The van der Waals surface area contributed by atoms with E-state index in [1.807, 2.05) is 31.2 Å². The smallest absolute Gasteiger partial charge is 0.330 e. The molecule has 4 nitrogen and oxygen atoms in total. The molecule has 214 valence electrons. The molecule has 1 aliphatic rings. The molecule has 0 radical (unpaired) electrons. The second-order valence-corrected chi connectivity index (χ2v) is 10.7. The van der Waals surface area contributed by atoms with Gasteiger partial charge in [-0.1, -0.05) is 44.9 Å². The van der Waals surface area contributed by atoms with Crippen molar-refractivity contribution >= 4 is 11.7 Å². The Morgan fingerprint density at radius 2 is 1.68 bits per heavy atom. The minimum absolute atomic E-state index is 0.362. The Labute approximate surface area is 241 Å². The zero-order valence-electron chi connectivity index (χ0n) is 24.5. The molecule has 0 aromatic heterocycles. The van der Waals surface area contributed by atoms with E-state index in [0.717, 1.165) is 55.1 Å². The maximum Gasteiger partial charge on any atom is 0.330 e. The molecule has 0 saturated heterocycles. The maximum absolute atomic E-state index is 11.0. The number of hydrogen-bond acceptors (Lipinski definition) is 4. The summed E-state index contributed by atoms with van der Waals surface area (Å²) in [6, 6.07) is 14.4. The lowest BCUT2D eigenvalue weighted by atomic mass is 9.76. The van der Waals surface area contributed by atoms with E-state index >= 15 is 0 Å². The summed E-state index contributed by atoms with van der Waals surface area (Å²) in [7, 11) is 0. The first-order valence-corrected chi connectivity index (χ1v) is 15.0. The summed E-state index contributed by atoms with van der Waals surface area (Å²) in [5, 5.41) is 0. The van der Waals surface area contributed by atoms with Crippen LogP contribution in [0, 0.1) is 17.8 Å². The molecule has 3 rings (SSSR count). The van der Waals surface area contributed by atoms with Crippen molar-refractivity contribution in [2.75, 3.05) is 13.2 Å². The average Bonchev–Trinajstić information content (AvgIpc) is 2.98. The first kappa shape index (κ1) is 31.1. The fourth-order valence-electron chi connectivity index (χ4n) is 5.47. The van der Waals surface area contributed by atoms with Gasteiger partial charge in [-0.05, 0) is 118 Å². The number of benzene rings is 2. The Kier molecular flexibility index (Phi) is 13.4. The molecule has 40 heavy (non-hydrogen) atoms. The summed E-state index contributed by atoms with van der Waals surface area (Å²) in [5.41, 5.74) is 3.64. The van der Waals surface area contributed by atoms with Crippen LogP contribution in [0.4, 0.5) is 0 Å². The normalized spacial score (nSPS) is 16.4. The molecule has 0 unspecified atom stereocenters. The van der Waals surface area contributed by atoms with Gasteiger partial charge in [-0.3, -0.25) is 0 Å². The van der Waals surface area contributed by atoms with E-state index in [-0.39, 0.29) is 5.97 Å². The summed E-state index contributed by atoms with van der Waals surface area (Å²) in [6.45, 7) is 12.9. The Bertz CT molecular complexity index is 1140. The lowest BCUT2D eigenvalue weighted by molar-refractivity contribution is -0.137. The summed E-state index contributed by atoms with van der Waals surface area (Å²) in [6.07, 6.45) is 13.6. The first-order chi connectivity index (χ1) is 19.5. The van der Waals surface area contributed by atoms with Crippen molar-refractivity contribution < 1.29 is 19.0 Å². The zero-order valence-corrected chi connectivity index (χ0v) is 24.5. The molecule has 0 bridgehead atoms. The van der Waals surface area contributed by atoms with Crippen LogP contribution in [-0.4, -0.2) is 19.2 Å². The molecule has 0 N–H and O–H groups in total. The molecule has 1 saturated carbocycles. The lowest BCUT2D eigenvalue weighted by Gasteiger charge is -2.30. The average molecular weight is 543 g/mol. The molecule has 0 spiro atoms. The van der Waals surface area contributed by atoms with Gasteiger partial charge in [0.2, 0.25) is 0 Å². The zero-order chi connectivity index (χ0) is 28.6. The number of unbranched alkanes of at least 4 members (excludes halogenated alkanes) is 3. The quantitative estimate of drug-likeness (QED) is 0.0698. The van der Waals surface area contributed by atoms with Gasteiger partial charge >= 0.3 is 5.97 Å². The van der Waals surface area contributed by atoms with Gasteiger partial charge in [0.25, 0.3) is 0 Å². The van der Waals surface area contributed by atoms with Crippen molar-refractivity contribution in [3.63, 3.8) is 0 Å². The van der Waals surface area contributed by atoms with E-state index in [2.05, 4.69) is 50.1 Å². The van der Waals surface area contributed by atoms with Gasteiger partial charge in [0.05, 0.1) is 13.2 Å². The Balaban J connectivity index is 1.48. The minimum Gasteiger partial charge on any atom is -0.494 e. The Hall–Kier alpha value is -3.45. The molecule has 2 aromatic carbocycles. The Morgan fingerprint density at radius 1 is 0.975 bits per heavy atom. The van der Waals surface area contributed by atoms with E-state index in [1.54, 1.807) is 0 Å². The van der Waals surface area contributed by atoms with Crippen molar-refractivity contribution in [1.82, 2.24) is 0 Å². The van der Waals surface area contributed by atoms with Crippen LogP contribution in [0.15, 0.2) is 61.7 Å². The molecule has 0 heterocycles. The summed E-state index contributed by atoms with van der Waals surface area (Å²) in [4.78, 5) is 11.0. The lowest BCUT2D eigenvalue weighted by Crippen LogP contribution is -2.14. The first-order valence-electron chi connectivity index (χ1n) is 15.0. The van der Waals surface area contributed by atoms with Crippen LogP contribution in [0.1, 0.15) is 101 Å². The number of rotatable bonds is 16. The third kappa shape index (κ3) is 10.3. The van der Waals surface area contributed by atoms with Crippen LogP contribution in [0.5, 0.6) is 11.5 Å². The van der Waals surface area contributed by atoms with Gasteiger partial charge in [-0.15, -0.1) is 5.92 Å². The number of ether oxygens (including phenoxy) is 3. The highest BCUT2D eigenvalue weighted by Gasteiger charge is 2.23. The molecule has 0 aliphatic heterocycles. The van der Waals surface area contributed by atoms with Crippen LogP contribution in [-0.2, 0) is 16.0 Å². The number of carbonyl (C=O) groups is 1. The predicted octanol–water partition coefficient (Wildman–Crippen LogP) is 9.04. The maximum atomic E-state index is 11.0. The summed E-state index contributed by atoms with van der Waals surface area (Å²) >= 11 is 0. The van der Waals surface area contributed by atoms with Gasteiger partial charge in [-0.2, -0.15) is 0 Å². The number of hydrogen-bond donors (Lipinski definition) is 0. The van der Waals surface area contributed by atoms with Gasteiger partial charge in [0, 0.05) is 18.1 Å². The van der Waals surface area contributed by atoms with Crippen LogP contribution in [0.2, 0.25) is 0 Å². The fourth-order valence-corrected chi connectivity index (χ4v) is 5.47. The standard InChI is InChI=1S/C36H46O4/c1-5-8-14-32-27-34(23-24-35(32)31-17-15-29(13-6-2)16-18-31)40-28(4)30-19-21-33(22-20-30)38-25-11-9-10-12-26-39-36(37)7-3/h7,19-24,27,29,31H,3-4,6,9-18,25-26H2,1-2H3. The summed E-state index contributed by atoms with van der Waals surface area (Å²) in [5.74, 6) is 9.73. The molecule has 0 amide bonds. The highest BCUT2D eigenvalue weighted by molar-refractivity contribution is 5.81. The number of carbonyl (C=O) groups excluding carboxylic acids is 1. The molecular formula is C36H46O4. The second-order valence-electron chi connectivity index (χ2n) is 10.7. The monoisotopic (exact) mass is 542 g/mol. The predicted molar refractivity (Wildman–Crippen MR) is 164 cm³/mol. The van der Waals surface area contributed by atoms with E-state index < -0.39 is 0 Å². The van der Waals surface area contributed by atoms with Crippen LogP contribution in [0.3, 0.4) is 0 Å². The van der Waals surface area contributed by atoms with E-state index in [9.17, 15) is 4.79 Å². The van der Waals surface area contributed by atoms with Crippen LogP contribution >= 0.6 is 0 Å². The van der Waals surface area contributed by atoms with Gasteiger partial charge in [0.1, 0.15) is 17.3 Å². The van der Waals surface area contributed by atoms with E-state index in [4.69, 9.17) is 14.2 Å². The van der Waals surface area contributed by atoms with E-state index in [0.29, 0.717) is 24.9 Å². The Morgan fingerprint density at radius 3 is 2.35 bits per heavy atom. The largest absolute Gasteiger partial charge is 0.494 e. The molecule has 1 aliphatic carbocycles. The van der Waals surface area contributed by atoms with Crippen LogP contribution in [0.25, 0.3) is 5.76 Å². The van der Waals surface area contributed by atoms with Gasteiger partial charge < -0.3 is 14.2 Å². The minimum atomic E-state index is -0.362. The summed E-state index contributed by atoms with van der Waals surface area (Å²) < 4.78 is 17.1. The third-order valence-corrected chi connectivity index (χ3v) is 7.69. The number of esters is 1. The molecule has 4 heteroatoms. The second kappa shape index (κ2) is 17.3. The van der Waals surface area contributed by atoms with Crippen molar-refractivity contribution in [3.8, 4) is 23.3 Å². The fraction of sp³-hybridized carbons (Fsp3) is 0.472. The SMILES string of the molecule is C=CC(=O)OCCCCCCOc1ccc(C(=C)Oc2ccc(C3CCC(CCC)CC3)c(CC#CC)c2)cc1. The van der Waals surface area contributed by atoms with Crippen molar-refractivity contribution in [2.45, 2.75) is 90.4 Å². The topological polar surface area (TPSA) is 44.8 Å². The molecule has 1 fully saturated rings. The highest BCUT2D eigenvalue weighted by Crippen LogP contribution is 2.40. The van der Waals surface area contributed by atoms with Crippen molar-refractivity contribution in [3.05, 3.63) is 78.4 Å². The van der Waals surface area contributed by atoms with Crippen LogP contribution < -0.4 is 9.47 Å².